The summed E-state index contributed by atoms with van der Waals surface area (Å²) in [7, 11) is 3.10. The van der Waals surface area contributed by atoms with Gasteiger partial charge in [-0.3, -0.25) is 9.59 Å². The van der Waals surface area contributed by atoms with E-state index in [2.05, 4.69) is 5.32 Å². The first-order valence-corrected chi connectivity index (χ1v) is 13.2. The van der Waals surface area contributed by atoms with Gasteiger partial charge in [0.2, 0.25) is 5.91 Å². The molecule has 0 bridgehead atoms. The highest BCUT2D eigenvalue weighted by Gasteiger charge is 2.47. The number of fused-ring (bicyclic) bond motifs is 2. The van der Waals surface area contributed by atoms with Crippen molar-refractivity contribution in [2.45, 2.75) is 57.6 Å². The van der Waals surface area contributed by atoms with Gasteiger partial charge in [0, 0.05) is 23.8 Å². The molecule has 3 atom stereocenters. The monoisotopic (exact) mass is 557 g/mol. The van der Waals surface area contributed by atoms with Crippen LogP contribution in [-0.4, -0.2) is 60.8 Å². The number of alkyl halides is 3. The average molecular weight is 558 g/mol. The molecule has 214 valence electrons. The first kappa shape index (κ1) is 29.4. The number of hydrogen-bond acceptors (Lipinski definition) is 5. The zero-order valence-corrected chi connectivity index (χ0v) is 23.0. The summed E-state index contributed by atoms with van der Waals surface area (Å²) in [4.78, 5) is 29.0. The molecular weight excluding hydrogens is 523 g/mol. The maximum atomic E-state index is 14.2. The SMILES string of the molecule is CN[C@@H](C)CN(C(=O)C(F)(F)F)[C@H]1CCc2ccccc2N(Cc2c(OC)ccc3cc(C(C)O)ccc23)C1=O. The number of aliphatic hydroxyl groups is 1. The number of carbonyl (C=O) groups excluding carboxylic acids is 2. The summed E-state index contributed by atoms with van der Waals surface area (Å²) < 4.78 is 46.9. The third-order valence-corrected chi connectivity index (χ3v) is 7.49. The predicted molar refractivity (Wildman–Crippen MR) is 147 cm³/mol. The number of nitrogens with zero attached hydrogens (tertiary/aromatic N) is 2. The van der Waals surface area contributed by atoms with Crippen LogP contribution < -0.4 is 15.0 Å². The standard InChI is InChI=1S/C30H34F3N3O4/c1-18(34-3)16-36(29(39)30(31,32)33)26-13-10-20-7-5-6-8-25(20)35(28(26)38)17-24-23-12-9-21(19(2)37)15-22(23)11-14-27(24)40-4/h5-9,11-12,14-15,18-19,26,34,37H,10,13,16-17H2,1-4H3/t18-,19?,26-/m0/s1. The molecule has 7 nitrogen and oxygen atoms in total. The highest BCUT2D eigenvalue weighted by molar-refractivity contribution is 6.01. The Hall–Kier alpha value is -3.63. The summed E-state index contributed by atoms with van der Waals surface area (Å²) in [6, 6.07) is 14.5. The Kier molecular flexibility index (Phi) is 8.70. The minimum Gasteiger partial charge on any atom is -0.496 e. The van der Waals surface area contributed by atoms with Crippen molar-refractivity contribution in [1.29, 1.82) is 0 Å². The summed E-state index contributed by atoms with van der Waals surface area (Å²) >= 11 is 0. The number of carbonyl (C=O) groups is 2. The Labute approximate surface area is 231 Å². The first-order valence-electron chi connectivity index (χ1n) is 13.2. The normalized spacial score (nSPS) is 17.2. The van der Waals surface area contributed by atoms with Gasteiger partial charge in [-0.05, 0) is 73.8 Å². The van der Waals surface area contributed by atoms with E-state index in [9.17, 15) is 27.9 Å². The Morgan fingerprint density at radius 2 is 1.90 bits per heavy atom. The summed E-state index contributed by atoms with van der Waals surface area (Å²) in [5.41, 5.74) is 2.77. The number of benzene rings is 3. The van der Waals surface area contributed by atoms with Gasteiger partial charge in [0.25, 0.3) is 0 Å². The molecule has 40 heavy (non-hydrogen) atoms. The minimum atomic E-state index is -5.13. The fourth-order valence-corrected chi connectivity index (χ4v) is 5.22. The largest absolute Gasteiger partial charge is 0.496 e. The molecule has 1 aliphatic rings. The van der Waals surface area contributed by atoms with Gasteiger partial charge in [0.1, 0.15) is 11.8 Å². The van der Waals surface area contributed by atoms with Crippen molar-refractivity contribution < 1.29 is 32.6 Å². The number of hydrogen-bond donors (Lipinski definition) is 2. The summed E-state index contributed by atoms with van der Waals surface area (Å²) in [6.45, 7) is 3.06. The Morgan fingerprint density at radius 1 is 1.18 bits per heavy atom. The maximum Gasteiger partial charge on any atom is 0.471 e. The van der Waals surface area contributed by atoms with E-state index in [-0.39, 0.29) is 19.5 Å². The van der Waals surface area contributed by atoms with E-state index in [1.807, 2.05) is 30.3 Å². The lowest BCUT2D eigenvalue weighted by Gasteiger charge is -2.35. The van der Waals surface area contributed by atoms with Gasteiger partial charge in [-0.1, -0.05) is 36.4 Å². The molecule has 0 radical (unpaired) electrons. The zero-order valence-electron chi connectivity index (χ0n) is 23.0. The van der Waals surface area contributed by atoms with Crippen molar-refractivity contribution in [3.05, 3.63) is 71.3 Å². The number of amides is 2. The zero-order chi connectivity index (χ0) is 29.2. The van der Waals surface area contributed by atoms with E-state index in [0.29, 0.717) is 28.3 Å². The second kappa shape index (κ2) is 11.9. The van der Waals surface area contributed by atoms with Crippen LogP contribution >= 0.6 is 0 Å². The van der Waals surface area contributed by atoms with Gasteiger partial charge in [-0.25, -0.2) is 0 Å². The number of aryl methyl sites for hydroxylation is 1. The van der Waals surface area contributed by atoms with Crippen LogP contribution in [0.4, 0.5) is 18.9 Å². The van der Waals surface area contributed by atoms with E-state index in [1.54, 1.807) is 45.2 Å². The summed E-state index contributed by atoms with van der Waals surface area (Å²) in [5, 5.41) is 14.5. The van der Waals surface area contributed by atoms with Crippen LogP contribution in [0.15, 0.2) is 54.6 Å². The lowest BCUT2D eigenvalue weighted by molar-refractivity contribution is -0.188. The number of aliphatic hydroxyl groups excluding tert-OH is 1. The molecule has 3 aromatic carbocycles. The molecule has 2 N–H and O–H groups in total. The molecule has 0 aliphatic carbocycles. The third-order valence-electron chi connectivity index (χ3n) is 7.49. The van der Waals surface area contributed by atoms with Gasteiger partial charge >= 0.3 is 12.1 Å². The van der Waals surface area contributed by atoms with Gasteiger partial charge in [-0.15, -0.1) is 0 Å². The second-order valence-corrected chi connectivity index (χ2v) is 10.2. The number of para-hydroxylation sites is 1. The number of likely N-dealkylation sites (N-methyl/N-ethyl adjacent to an activating group) is 1. The second-order valence-electron chi connectivity index (χ2n) is 10.2. The number of methoxy groups -OCH3 is 1. The molecule has 0 fully saturated rings. The molecule has 0 aromatic heterocycles. The van der Waals surface area contributed by atoms with Crippen molar-refractivity contribution in [2.75, 3.05) is 25.6 Å². The molecule has 2 amide bonds. The summed E-state index contributed by atoms with van der Waals surface area (Å²) in [6.07, 6.45) is -5.43. The van der Waals surface area contributed by atoms with E-state index < -0.39 is 36.2 Å². The molecular formula is C30H34F3N3O4. The fraction of sp³-hybridized carbons (Fsp3) is 0.400. The van der Waals surface area contributed by atoms with E-state index in [4.69, 9.17) is 4.74 Å². The van der Waals surface area contributed by atoms with Crippen LogP contribution in [0.25, 0.3) is 10.8 Å². The van der Waals surface area contributed by atoms with Crippen molar-refractivity contribution in [3.8, 4) is 5.75 Å². The Morgan fingerprint density at radius 3 is 2.55 bits per heavy atom. The Bertz CT molecular complexity index is 1390. The number of rotatable bonds is 8. The van der Waals surface area contributed by atoms with Crippen LogP contribution in [0.5, 0.6) is 5.75 Å². The maximum absolute atomic E-state index is 14.2. The highest BCUT2D eigenvalue weighted by atomic mass is 19.4. The number of halogens is 3. The van der Waals surface area contributed by atoms with E-state index >= 15 is 0 Å². The topological polar surface area (TPSA) is 82.1 Å². The van der Waals surface area contributed by atoms with Gasteiger partial charge in [0.15, 0.2) is 0 Å². The van der Waals surface area contributed by atoms with Crippen LogP contribution in [0.3, 0.4) is 0 Å². The molecule has 4 rings (SSSR count). The van der Waals surface area contributed by atoms with Crippen LogP contribution in [-0.2, 0) is 22.6 Å². The molecule has 1 unspecified atom stereocenters. The average Bonchev–Trinajstić information content (AvgIpc) is 3.06. The van der Waals surface area contributed by atoms with E-state index in [1.165, 1.54) is 12.0 Å². The van der Waals surface area contributed by atoms with Crippen molar-refractivity contribution in [3.63, 3.8) is 0 Å². The van der Waals surface area contributed by atoms with Crippen molar-refractivity contribution >= 4 is 28.3 Å². The number of nitrogens with one attached hydrogen (secondary N) is 1. The van der Waals surface area contributed by atoms with E-state index in [0.717, 1.165) is 21.9 Å². The van der Waals surface area contributed by atoms with Gasteiger partial charge < -0.3 is 25.0 Å². The lowest BCUT2D eigenvalue weighted by Crippen LogP contribution is -2.56. The lowest BCUT2D eigenvalue weighted by atomic mass is 9.98. The van der Waals surface area contributed by atoms with Gasteiger partial charge in [0.05, 0.1) is 19.8 Å². The van der Waals surface area contributed by atoms with Crippen LogP contribution in [0.2, 0.25) is 0 Å². The number of ether oxygens (including phenoxy) is 1. The molecule has 1 aliphatic heterocycles. The number of anilines is 1. The van der Waals surface area contributed by atoms with Crippen LogP contribution in [0, 0.1) is 0 Å². The Balaban J connectivity index is 1.84. The minimum absolute atomic E-state index is 0.0104. The summed E-state index contributed by atoms with van der Waals surface area (Å²) in [5.74, 6) is -2.12. The molecule has 1 heterocycles. The smallest absolute Gasteiger partial charge is 0.471 e. The van der Waals surface area contributed by atoms with Crippen molar-refractivity contribution in [2.24, 2.45) is 0 Å². The fourth-order valence-electron chi connectivity index (χ4n) is 5.22. The molecule has 10 heteroatoms. The molecule has 3 aromatic rings. The van der Waals surface area contributed by atoms with Crippen molar-refractivity contribution in [1.82, 2.24) is 10.2 Å². The molecule has 0 spiro atoms. The highest BCUT2D eigenvalue weighted by Crippen LogP contribution is 2.36. The molecule has 0 saturated carbocycles. The quantitative estimate of drug-likeness (QED) is 0.418. The predicted octanol–water partition coefficient (Wildman–Crippen LogP) is 4.75. The first-order chi connectivity index (χ1) is 19.0. The van der Waals surface area contributed by atoms with Gasteiger partial charge in [-0.2, -0.15) is 13.2 Å². The van der Waals surface area contributed by atoms with Crippen LogP contribution in [0.1, 0.15) is 43.1 Å². The third kappa shape index (κ3) is 5.93. The molecule has 0 saturated heterocycles.